The van der Waals surface area contributed by atoms with Crippen molar-refractivity contribution in [1.82, 2.24) is 4.90 Å². The van der Waals surface area contributed by atoms with E-state index in [-0.39, 0.29) is 18.7 Å². The molecule has 0 aromatic heterocycles. The Morgan fingerprint density at radius 2 is 2.12 bits per heavy atom. The fraction of sp³-hybridized carbons (Fsp3) is 0.833. The lowest BCUT2D eigenvalue weighted by Crippen LogP contribution is -2.45. The van der Waals surface area contributed by atoms with Crippen LogP contribution in [0.3, 0.4) is 0 Å². The standard InChI is InChI=1S/C12H22N2O3/c1-2-3-8-14(9-4-5-9)12(17)10(13)6-7-11(15)16/h9-10H,2-8,13H2,1H3,(H,15,16). The zero-order valence-corrected chi connectivity index (χ0v) is 10.4. The van der Waals surface area contributed by atoms with E-state index < -0.39 is 12.0 Å². The molecular weight excluding hydrogens is 220 g/mol. The number of carboxylic acids is 1. The molecule has 0 spiro atoms. The maximum Gasteiger partial charge on any atom is 0.303 e. The Kier molecular flexibility index (Phi) is 5.41. The Balaban J connectivity index is 2.42. The smallest absolute Gasteiger partial charge is 0.303 e. The minimum atomic E-state index is -0.903. The van der Waals surface area contributed by atoms with Gasteiger partial charge in [-0.1, -0.05) is 13.3 Å². The first-order valence-corrected chi connectivity index (χ1v) is 6.34. The van der Waals surface area contributed by atoms with Gasteiger partial charge in [-0.05, 0) is 25.7 Å². The third-order valence-corrected chi connectivity index (χ3v) is 3.01. The highest BCUT2D eigenvalue weighted by Gasteiger charge is 2.34. The molecule has 1 saturated carbocycles. The summed E-state index contributed by atoms with van der Waals surface area (Å²) in [5, 5.41) is 8.57. The average Bonchev–Trinajstić information content (AvgIpc) is 3.10. The number of carbonyl (C=O) groups excluding carboxylic acids is 1. The third kappa shape index (κ3) is 4.73. The van der Waals surface area contributed by atoms with Gasteiger partial charge in [-0.3, -0.25) is 9.59 Å². The Bertz CT molecular complexity index is 277. The summed E-state index contributed by atoms with van der Waals surface area (Å²) in [6, 6.07) is -0.312. The van der Waals surface area contributed by atoms with E-state index in [0.29, 0.717) is 6.04 Å². The van der Waals surface area contributed by atoms with E-state index in [2.05, 4.69) is 6.92 Å². The number of hydrogen-bond acceptors (Lipinski definition) is 3. The largest absolute Gasteiger partial charge is 0.481 e. The fourth-order valence-electron chi connectivity index (χ4n) is 1.80. The molecule has 3 N–H and O–H groups in total. The summed E-state index contributed by atoms with van der Waals surface area (Å²) in [6.45, 7) is 2.83. The van der Waals surface area contributed by atoms with Gasteiger partial charge >= 0.3 is 5.97 Å². The maximum atomic E-state index is 12.1. The molecule has 1 amide bonds. The molecule has 0 bridgehead atoms. The first-order chi connectivity index (χ1) is 8.06. The van der Waals surface area contributed by atoms with Crippen LogP contribution in [0, 0.1) is 0 Å². The molecule has 1 atom stereocenters. The van der Waals surface area contributed by atoms with Crippen LogP contribution in [-0.4, -0.2) is 40.5 Å². The normalized spacial score (nSPS) is 16.6. The first kappa shape index (κ1) is 14.0. The van der Waals surface area contributed by atoms with E-state index in [9.17, 15) is 9.59 Å². The van der Waals surface area contributed by atoms with Gasteiger partial charge in [0, 0.05) is 19.0 Å². The highest BCUT2D eigenvalue weighted by atomic mass is 16.4. The summed E-state index contributed by atoms with van der Waals surface area (Å²) >= 11 is 0. The number of carbonyl (C=O) groups is 2. The molecule has 0 saturated heterocycles. The summed E-state index contributed by atoms with van der Waals surface area (Å²) in [4.78, 5) is 24.3. The molecular formula is C12H22N2O3. The highest BCUT2D eigenvalue weighted by Crippen LogP contribution is 2.27. The zero-order valence-electron chi connectivity index (χ0n) is 10.4. The number of hydrogen-bond donors (Lipinski definition) is 2. The van der Waals surface area contributed by atoms with Crippen LogP contribution >= 0.6 is 0 Å². The predicted octanol–water partition coefficient (Wildman–Crippen LogP) is 0.970. The van der Waals surface area contributed by atoms with Crippen molar-refractivity contribution in [3.05, 3.63) is 0 Å². The van der Waals surface area contributed by atoms with Gasteiger partial charge in [0.15, 0.2) is 0 Å². The number of carboxylic acid groups (broad SMARTS) is 1. The van der Waals surface area contributed by atoms with Crippen molar-refractivity contribution < 1.29 is 14.7 Å². The van der Waals surface area contributed by atoms with Crippen LogP contribution in [-0.2, 0) is 9.59 Å². The third-order valence-electron chi connectivity index (χ3n) is 3.01. The van der Waals surface area contributed by atoms with E-state index in [0.717, 1.165) is 32.2 Å². The minimum absolute atomic E-state index is 0.0425. The van der Waals surface area contributed by atoms with Gasteiger partial charge < -0.3 is 15.7 Å². The molecule has 0 aliphatic heterocycles. The Hall–Kier alpha value is -1.10. The van der Waals surface area contributed by atoms with Gasteiger partial charge in [-0.25, -0.2) is 0 Å². The zero-order chi connectivity index (χ0) is 12.8. The van der Waals surface area contributed by atoms with Crippen molar-refractivity contribution in [1.29, 1.82) is 0 Å². The molecule has 17 heavy (non-hydrogen) atoms. The molecule has 1 unspecified atom stereocenters. The highest BCUT2D eigenvalue weighted by molar-refractivity contribution is 5.82. The lowest BCUT2D eigenvalue weighted by Gasteiger charge is -2.25. The predicted molar refractivity (Wildman–Crippen MR) is 64.5 cm³/mol. The van der Waals surface area contributed by atoms with Crippen LogP contribution in [0.4, 0.5) is 0 Å². The molecule has 5 heteroatoms. The van der Waals surface area contributed by atoms with Crippen molar-refractivity contribution in [3.63, 3.8) is 0 Å². The fourth-order valence-corrected chi connectivity index (χ4v) is 1.80. The molecule has 1 rings (SSSR count). The van der Waals surface area contributed by atoms with E-state index in [4.69, 9.17) is 10.8 Å². The summed E-state index contributed by atoms with van der Waals surface area (Å²) in [7, 11) is 0. The average molecular weight is 242 g/mol. The van der Waals surface area contributed by atoms with Gasteiger partial charge in [0.05, 0.1) is 6.04 Å². The van der Waals surface area contributed by atoms with Crippen LogP contribution in [0.5, 0.6) is 0 Å². The number of nitrogens with zero attached hydrogens (tertiary/aromatic N) is 1. The van der Waals surface area contributed by atoms with Gasteiger partial charge in [0.1, 0.15) is 0 Å². The molecule has 1 aliphatic carbocycles. The quantitative estimate of drug-likeness (QED) is 0.664. The molecule has 0 aromatic carbocycles. The van der Waals surface area contributed by atoms with Crippen molar-refractivity contribution >= 4 is 11.9 Å². The maximum absolute atomic E-state index is 12.1. The topological polar surface area (TPSA) is 83.6 Å². The Labute approximate surface area is 102 Å². The van der Waals surface area contributed by atoms with Crippen molar-refractivity contribution in [2.75, 3.05) is 6.54 Å². The summed E-state index contributed by atoms with van der Waals surface area (Å²) in [6.07, 6.45) is 4.32. The Morgan fingerprint density at radius 1 is 1.47 bits per heavy atom. The van der Waals surface area contributed by atoms with Crippen LogP contribution in [0.1, 0.15) is 45.4 Å². The summed E-state index contributed by atoms with van der Waals surface area (Å²) in [5.74, 6) is -0.984. The van der Waals surface area contributed by atoms with E-state index in [1.165, 1.54) is 0 Å². The molecule has 5 nitrogen and oxygen atoms in total. The minimum Gasteiger partial charge on any atom is -0.481 e. The summed E-state index contributed by atoms with van der Waals surface area (Å²) < 4.78 is 0. The number of rotatable bonds is 8. The van der Waals surface area contributed by atoms with Crippen LogP contribution in [0.2, 0.25) is 0 Å². The van der Waals surface area contributed by atoms with Crippen LogP contribution in [0.25, 0.3) is 0 Å². The molecule has 0 radical (unpaired) electrons. The van der Waals surface area contributed by atoms with Gasteiger partial charge in [-0.15, -0.1) is 0 Å². The number of amides is 1. The lowest BCUT2D eigenvalue weighted by atomic mass is 10.1. The molecule has 1 aliphatic rings. The second-order valence-corrected chi connectivity index (χ2v) is 4.66. The molecule has 1 fully saturated rings. The van der Waals surface area contributed by atoms with Gasteiger partial charge in [-0.2, -0.15) is 0 Å². The van der Waals surface area contributed by atoms with E-state index in [1.807, 2.05) is 4.90 Å². The lowest BCUT2D eigenvalue weighted by molar-refractivity contribution is -0.137. The number of aliphatic carboxylic acids is 1. The Morgan fingerprint density at radius 3 is 2.59 bits per heavy atom. The van der Waals surface area contributed by atoms with E-state index in [1.54, 1.807) is 0 Å². The van der Waals surface area contributed by atoms with Crippen LogP contribution in [0.15, 0.2) is 0 Å². The molecule has 0 aromatic rings. The SMILES string of the molecule is CCCCN(C(=O)C(N)CCC(=O)O)C1CC1. The monoisotopic (exact) mass is 242 g/mol. The number of nitrogens with two attached hydrogens (primary N) is 1. The van der Waals surface area contributed by atoms with Crippen molar-refractivity contribution in [2.45, 2.75) is 57.5 Å². The van der Waals surface area contributed by atoms with Gasteiger partial charge in [0.2, 0.25) is 5.91 Å². The first-order valence-electron chi connectivity index (χ1n) is 6.34. The van der Waals surface area contributed by atoms with E-state index >= 15 is 0 Å². The second-order valence-electron chi connectivity index (χ2n) is 4.66. The van der Waals surface area contributed by atoms with Crippen molar-refractivity contribution in [3.8, 4) is 0 Å². The number of unbranched alkanes of at least 4 members (excludes halogenated alkanes) is 1. The molecule has 0 heterocycles. The van der Waals surface area contributed by atoms with Crippen LogP contribution < -0.4 is 5.73 Å². The second kappa shape index (κ2) is 6.59. The van der Waals surface area contributed by atoms with Crippen molar-refractivity contribution in [2.24, 2.45) is 5.73 Å². The molecule has 98 valence electrons. The van der Waals surface area contributed by atoms with Gasteiger partial charge in [0.25, 0.3) is 0 Å². The summed E-state index contributed by atoms with van der Waals surface area (Å²) in [5.41, 5.74) is 5.75.